The van der Waals surface area contributed by atoms with Gasteiger partial charge >= 0.3 is 7.75 Å². The first kappa shape index (κ1) is 8.04. The van der Waals surface area contributed by atoms with Crippen LogP contribution in [0.15, 0.2) is 0 Å². The van der Waals surface area contributed by atoms with E-state index in [0.29, 0.717) is 0 Å². The zero-order valence-electron chi connectivity index (χ0n) is 4.54. The largest absolute Gasteiger partial charge is 0.436 e. The lowest BCUT2D eigenvalue weighted by molar-refractivity contribution is -0.0302. The zero-order chi connectivity index (χ0) is 6.78. The second kappa shape index (κ2) is 2.55. The monoisotopic (exact) mass is 143 g/mol. The quantitative estimate of drug-likeness (QED) is 0.573. The summed E-state index contributed by atoms with van der Waals surface area (Å²) in [7, 11) is -1.61. The van der Waals surface area contributed by atoms with Crippen LogP contribution in [0, 0.1) is 0 Å². The number of hydrogen-bond donors (Lipinski definition) is 1. The van der Waals surface area contributed by atoms with Gasteiger partial charge in [0.2, 0.25) is 0 Å². The first-order valence-electron chi connectivity index (χ1n) is 1.81. The second-order valence-electron chi connectivity index (χ2n) is 1.41. The van der Waals surface area contributed by atoms with Crippen LogP contribution >= 0.6 is 7.75 Å². The molecule has 1 unspecified atom stereocenters. The van der Waals surface area contributed by atoms with Crippen molar-refractivity contribution in [2.24, 2.45) is 0 Å². The Morgan fingerprint density at radius 3 is 2.12 bits per heavy atom. The molecular formula is C2H7FNO3P. The fourth-order valence-electron chi connectivity index (χ4n) is 0.0617. The molecule has 1 N–H and O–H groups in total. The highest BCUT2D eigenvalue weighted by molar-refractivity contribution is 7.49. The van der Waals surface area contributed by atoms with Crippen molar-refractivity contribution in [2.75, 3.05) is 14.1 Å². The van der Waals surface area contributed by atoms with Crippen LogP contribution in [-0.4, -0.2) is 23.7 Å². The van der Waals surface area contributed by atoms with Gasteiger partial charge in [-0.1, -0.05) is 4.73 Å². The lowest BCUT2D eigenvalue weighted by Crippen LogP contribution is -2.07. The van der Waals surface area contributed by atoms with Gasteiger partial charge in [-0.05, 0) is 18.6 Å². The highest BCUT2D eigenvalue weighted by atomic mass is 31.2. The van der Waals surface area contributed by atoms with E-state index in [4.69, 9.17) is 4.89 Å². The summed E-state index contributed by atoms with van der Waals surface area (Å²) in [6.07, 6.45) is 0. The van der Waals surface area contributed by atoms with Gasteiger partial charge in [-0.25, -0.2) is 9.24 Å². The summed E-state index contributed by atoms with van der Waals surface area (Å²) in [5.74, 6) is 0. The van der Waals surface area contributed by atoms with Crippen LogP contribution in [0.3, 0.4) is 0 Å². The van der Waals surface area contributed by atoms with E-state index in [2.05, 4.69) is 4.73 Å². The Kier molecular flexibility index (Phi) is 2.56. The molecule has 50 valence electrons. The smallest absolute Gasteiger partial charge is 0.311 e. The first-order chi connectivity index (χ1) is 3.50. The molecule has 0 aliphatic heterocycles. The molecule has 8 heavy (non-hydrogen) atoms. The third-order valence-corrected chi connectivity index (χ3v) is 1.79. The molecule has 0 spiro atoms. The third-order valence-electron chi connectivity index (χ3n) is 0.595. The highest BCUT2D eigenvalue weighted by Gasteiger charge is 2.22. The topological polar surface area (TPSA) is 49.8 Å². The van der Waals surface area contributed by atoms with Crippen LogP contribution in [0.2, 0.25) is 0 Å². The standard InChI is InChI=1S/C2H7FNO3P/c1-4(2)8(5,6)7-3/h1-2H3,(H,5,6). The maximum absolute atomic E-state index is 11.0. The predicted octanol–water partition coefficient (Wildman–Crippen LogP) is 0.549. The maximum Gasteiger partial charge on any atom is 0.436 e. The van der Waals surface area contributed by atoms with E-state index in [0.717, 1.165) is 4.67 Å². The van der Waals surface area contributed by atoms with Crippen molar-refractivity contribution in [1.29, 1.82) is 0 Å². The van der Waals surface area contributed by atoms with Crippen LogP contribution < -0.4 is 0 Å². The van der Waals surface area contributed by atoms with E-state index < -0.39 is 7.75 Å². The summed E-state index contributed by atoms with van der Waals surface area (Å²) in [6.45, 7) is 0. The Balaban J connectivity index is 3.93. The molecule has 0 rings (SSSR count). The van der Waals surface area contributed by atoms with Crippen LogP contribution in [0.4, 0.5) is 4.53 Å². The van der Waals surface area contributed by atoms with Gasteiger partial charge in [0.1, 0.15) is 0 Å². The first-order valence-corrected chi connectivity index (χ1v) is 3.34. The highest BCUT2D eigenvalue weighted by Crippen LogP contribution is 2.43. The zero-order valence-corrected chi connectivity index (χ0v) is 5.43. The summed E-state index contributed by atoms with van der Waals surface area (Å²) < 4.78 is 24.6. The molecule has 0 radical (unpaired) electrons. The third kappa shape index (κ3) is 1.88. The van der Waals surface area contributed by atoms with Gasteiger partial charge in [-0.3, -0.25) is 0 Å². The van der Waals surface area contributed by atoms with E-state index in [9.17, 15) is 9.09 Å². The number of hydrogen-bond acceptors (Lipinski definition) is 2. The van der Waals surface area contributed by atoms with Gasteiger partial charge in [0.25, 0.3) is 0 Å². The van der Waals surface area contributed by atoms with Crippen molar-refractivity contribution in [3.8, 4) is 0 Å². The van der Waals surface area contributed by atoms with E-state index in [1.165, 1.54) is 14.1 Å². The van der Waals surface area contributed by atoms with Crippen molar-refractivity contribution in [2.45, 2.75) is 0 Å². The lowest BCUT2D eigenvalue weighted by Gasteiger charge is -2.10. The van der Waals surface area contributed by atoms with Gasteiger partial charge in [-0.2, -0.15) is 0 Å². The fourth-order valence-corrected chi connectivity index (χ4v) is 0.185. The van der Waals surface area contributed by atoms with E-state index in [1.54, 1.807) is 0 Å². The van der Waals surface area contributed by atoms with Crippen molar-refractivity contribution in [1.82, 2.24) is 4.67 Å². The molecule has 0 aliphatic rings. The minimum atomic E-state index is -4.08. The maximum atomic E-state index is 11.0. The molecule has 4 nitrogen and oxygen atoms in total. The Labute approximate surface area is 46.4 Å². The van der Waals surface area contributed by atoms with Crippen LogP contribution in [-0.2, 0) is 9.29 Å². The van der Waals surface area contributed by atoms with Crippen molar-refractivity contribution in [3.05, 3.63) is 0 Å². The van der Waals surface area contributed by atoms with Gasteiger partial charge in [0, 0.05) is 0 Å². The Bertz CT molecular complexity index is 116. The fraction of sp³-hybridized carbons (Fsp3) is 1.00. The molecule has 0 fully saturated rings. The second-order valence-corrected chi connectivity index (χ2v) is 3.33. The molecule has 0 aromatic carbocycles. The summed E-state index contributed by atoms with van der Waals surface area (Å²) >= 11 is 0. The summed E-state index contributed by atoms with van der Waals surface area (Å²) in [5.41, 5.74) is 0. The van der Waals surface area contributed by atoms with E-state index in [-0.39, 0.29) is 0 Å². The number of halogens is 1. The van der Waals surface area contributed by atoms with E-state index in [1.807, 2.05) is 0 Å². The molecule has 6 heteroatoms. The van der Waals surface area contributed by atoms with Gasteiger partial charge < -0.3 is 4.89 Å². The lowest BCUT2D eigenvalue weighted by atomic mass is 11.3. The number of rotatable bonds is 2. The average molecular weight is 143 g/mol. The minimum Gasteiger partial charge on any atom is -0.311 e. The van der Waals surface area contributed by atoms with Crippen LogP contribution in [0.1, 0.15) is 0 Å². The van der Waals surface area contributed by atoms with Crippen molar-refractivity contribution >= 4 is 7.75 Å². The summed E-state index contributed by atoms with van der Waals surface area (Å²) in [6, 6.07) is 0. The molecule has 0 aliphatic carbocycles. The van der Waals surface area contributed by atoms with Gasteiger partial charge in [0.15, 0.2) is 0 Å². The minimum absolute atomic E-state index is 0.757. The van der Waals surface area contributed by atoms with E-state index >= 15 is 0 Å². The SMILES string of the molecule is CN(C)P(=O)(O)OF. The van der Waals surface area contributed by atoms with Crippen molar-refractivity contribution < 1.29 is 18.7 Å². The molecule has 0 aromatic heterocycles. The van der Waals surface area contributed by atoms with Crippen molar-refractivity contribution in [3.63, 3.8) is 0 Å². The normalized spacial score (nSPS) is 18.6. The Hall–Kier alpha value is 0.0400. The Morgan fingerprint density at radius 1 is 1.75 bits per heavy atom. The van der Waals surface area contributed by atoms with Gasteiger partial charge in [0.05, 0.1) is 0 Å². The summed E-state index contributed by atoms with van der Waals surface area (Å²) in [4.78, 5) is 8.28. The molecule has 0 amide bonds. The molecular weight excluding hydrogens is 136 g/mol. The molecule has 0 heterocycles. The molecule has 1 atom stereocenters. The molecule has 0 saturated heterocycles. The predicted molar refractivity (Wildman–Crippen MR) is 25.7 cm³/mol. The molecule has 0 bridgehead atoms. The average Bonchev–Trinajstić information content (AvgIpc) is 1.67. The Morgan fingerprint density at radius 2 is 2.12 bits per heavy atom. The molecule has 0 saturated carbocycles. The van der Waals surface area contributed by atoms with Crippen LogP contribution in [0.25, 0.3) is 0 Å². The number of nitrogens with zero attached hydrogens (tertiary/aromatic N) is 1. The van der Waals surface area contributed by atoms with Crippen LogP contribution in [0.5, 0.6) is 0 Å². The van der Waals surface area contributed by atoms with Gasteiger partial charge in [-0.15, -0.1) is 0 Å². The molecule has 0 aromatic rings. The summed E-state index contributed by atoms with van der Waals surface area (Å²) in [5, 5.41) is 0.